The Morgan fingerprint density at radius 2 is 2.12 bits per heavy atom. The molecule has 0 radical (unpaired) electrons. The minimum atomic E-state index is -0.423. The first kappa shape index (κ1) is 13.0. The van der Waals surface area contributed by atoms with Crippen LogP contribution in [-0.2, 0) is 0 Å². The van der Waals surface area contributed by atoms with Gasteiger partial charge in [-0.05, 0) is 24.5 Å². The summed E-state index contributed by atoms with van der Waals surface area (Å²) in [5, 5.41) is 10.9. The second-order valence-electron chi connectivity index (χ2n) is 4.03. The Hall–Kier alpha value is -1.10. The van der Waals surface area contributed by atoms with Crippen LogP contribution in [0.4, 0.5) is 5.69 Å². The minimum absolute atomic E-state index is 0.00697. The zero-order valence-corrected chi connectivity index (χ0v) is 11.1. The SMILES string of the molecule is Cc1cc(Br)cc([N+](=O)[O-])c1OCC(C)C. The van der Waals surface area contributed by atoms with E-state index in [0.717, 1.165) is 5.56 Å². The summed E-state index contributed by atoms with van der Waals surface area (Å²) in [5.41, 5.74) is 0.772. The second-order valence-corrected chi connectivity index (χ2v) is 4.95. The van der Waals surface area contributed by atoms with Crippen molar-refractivity contribution in [1.82, 2.24) is 0 Å². The van der Waals surface area contributed by atoms with Crippen LogP contribution in [0, 0.1) is 23.0 Å². The van der Waals surface area contributed by atoms with Crippen LogP contribution in [0.5, 0.6) is 5.75 Å². The van der Waals surface area contributed by atoms with E-state index in [0.29, 0.717) is 22.7 Å². The van der Waals surface area contributed by atoms with E-state index in [9.17, 15) is 10.1 Å². The topological polar surface area (TPSA) is 52.4 Å². The highest BCUT2D eigenvalue weighted by Gasteiger charge is 2.19. The molecule has 0 saturated carbocycles. The molecule has 16 heavy (non-hydrogen) atoms. The van der Waals surface area contributed by atoms with Gasteiger partial charge in [0.05, 0.1) is 11.5 Å². The number of aryl methyl sites for hydroxylation is 1. The molecule has 88 valence electrons. The average molecular weight is 288 g/mol. The summed E-state index contributed by atoms with van der Waals surface area (Å²) in [6, 6.07) is 3.27. The van der Waals surface area contributed by atoms with Crippen molar-refractivity contribution in [1.29, 1.82) is 0 Å². The summed E-state index contributed by atoms with van der Waals surface area (Å²) < 4.78 is 6.17. The molecule has 0 aliphatic rings. The molecule has 0 N–H and O–H groups in total. The molecule has 0 amide bonds. The molecule has 0 bridgehead atoms. The van der Waals surface area contributed by atoms with E-state index in [1.165, 1.54) is 6.07 Å². The maximum Gasteiger partial charge on any atom is 0.312 e. The molecule has 0 aliphatic carbocycles. The standard InChI is InChI=1S/C11H14BrNO3/c1-7(2)6-16-11-8(3)4-9(12)5-10(11)13(14)15/h4-5,7H,6H2,1-3H3. The van der Waals surface area contributed by atoms with Crippen molar-refractivity contribution in [2.24, 2.45) is 5.92 Å². The zero-order chi connectivity index (χ0) is 12.3. The summed E-state index contributed by atoms with van der Waals surface area (Å²) >= 11 is 3.24. The van der Waals surface area contributed by atoms with Crippen molar-refractivity contribution < 1.29 is 9.66 Å². The quantitative estimate of drug-likeness (QED) is 0.627. The molecular weight excluding hydrogens is 274 g/mol. The lowest BCUT2D eigenvalue weighted by Gasteiger charge is -2.11. The summed E-state index contributed by atoms with van der Waals surface area (Å²) in [6.45, 7) is 6.27. The molecule has 0 saturated heterocycles. The van der Waals surface area contributed by atoms with Crippen molar-refractivity contribution in [2.75, 3.05) is 6.61 Å². The summed E-state index contributed by atoms with van der Waals surface area (Å²) in [4.78, 5) is 10.5. The largest absolute Gasteiger partial charge is 0.486 e. The van der Waals surface area contributed by atoms with Gasteiger partial charge in [-0.1, -0.05) is 29.8 Å². The number of nitro benzene ring substituents is 1. The second kappa shape index (κ2) is 5.30. The molecule has 1 aromatic carbocycles. The monoisotopic (exact) mass is 287 g/mol. The van der Waals surface area contributed by atoms with Gasteiger partial charge in [0, 0.05) is 10.5 Å². The van der Waals surface area contributed by atoms with Gasteiger partial charge >= 0.3 is 5.69 Å². The van der Waals surface area contributed by atoms with Crippen LogP contribution in [0.2, 0.25) is 0 Å². The fraction of sp³-hybridized carbons (Fsp3) is 0.455. The molecule has 4 nitrogen and oxygen atoms in total. The Bertz CT molecular complexity index is 404. The molecule has 1 rings (SSSR count). The fourth-order valence-corrected chi connectivity index (χ4v) is 1.85. The molecule has 1 aromatic rings. The van der Waals surface area contributed by atoms with E-state index in [1.54, 1.807) is 6.92 Å². The van der Waals surface area contributed by atoms with E-state index in [1.807, 2.05) is 19.9 Å². The van der Waals surface area contributed by atoms with Gasteiger partial charge in [0.2, 0.25) is 0 Å². The molecule has 5 heteroatoms. The molecule has 0 aliphatic heterocycles. The van der Waals surface area contributed by atoms with E-state index in [4.69, 9.17) is 4.74 Å². The Balaban J connectivity index is 3.09. The van der Waals surface area contributed by atoms with Crippen molar-refractivity contribution in [2.45, 2.75) is 20.8 Å². The maximum absolute atomic E-state index is 10.9. The highest BCUT2D eigenvalue weighted by molar-refractivity contribution is 9.10. The number of rotatable bonds is 4. The van der Waals surface area contributed by atoms with E-state index in [-0.39, 0.29) is 5.69 Å². The predicted octanol–water partition coefficient (Wildman–Crippen LogP) is 3.70. The van der Waals surface area contributed by atoms with E-state index in [2.05, 4.69) is 15.9 Å². The van der Waals surface area contributed by atoms with Crippen LogP contribution in [0.25, 0.3) is 0 Å². The van der Waals surface area contributed by atoms with Gasteiger partial charge in [-0.2, -0.15) is 0 Å². The first-order valence-electron chi connectivity index (χ1n) is 4.99. The van der Waals surface area contributed by atoms with Gasteiger partial charge in [0.25, 0.3) is 0 Å². The summed E-state index contributed by atoms with van der Waals surface area (Å²) in [6.07, 6.45) is 0. The highest BCUT2D eigenvalue weighted by atomic mass is 79.9. The van der Waals surface area contributed by atoms with Gasteiger partial charge in [0.15, 0.2) is 5.75 Å². The number of nitrogens with zero attached hydrogens (tertiary/aromatic N) is 1. The Kier molecular flexibility index (Phi) is 4.29. The van der Waals surface area contributed by atoms with E-state index < -0.39 is 4.92 Å². The van der Waals surface area contributed by atoms with E-state index >= 15 is 0 Å². The number of hydrogen-bond donors (Lipinski definition) is 0. The third-order valence-corrected chi connectivity index (χ3v) is 2.44. The predicted molar refractivity (Wildman–Crippen MR) is 65.9 cm³/mol. The normalized spacial score (nSPS) is 10.6. The van der Waals surface area contributed by atoms with Crippen molar-refractivity contribution >= 4 is 21.6 Å². The smallest absolute Gasteiger partial charge is 0.312 e. The third-order valence-electron chi connectivity index (χ3n) is 1.98. The lowest BCUT2D eigenvalue weighted by atomic mass is 10.2. The maximum atomic E-state index is 10.9. The third kappa shape index (κ3) is 3.20. The summed E-state index contributed by atoms with van der Waals surface area (Å²) in [7, 11) is 0. The molecule has 0 atom stereocenters. The van der Waals surface area contributed by atoms with Gasteiger partial charge in [-0.25, -0.2) is 0 Å². The molecule has 0 spiro atoms. The van der Waals surface area contributed by atoms with Gasteiger partial charge < -0.3 is 4.74 Å². The fourth-order valence-electron chi connectivity index (χ4n) is 1.29. The molecule has 0 aromatic heterocycles. The minimum Gasteiger partial charge on any atom is -0.486 e. The number of benzene rings is 1. The molecule has 0 heterocycles. The Morgan fingerprint density at radius 3 is 2.62 bits per heavy atom. The zero-order valence-electron chi connectivity index (χ0n) is 9.49. The van der Waals surface area contributed by atoms with Gasteiger partial charge in [0.1, 0.15) is 0 Å². The van der Waals surface area contributed by atoms with Crippen LogP contribution in [0.15, 0.2) is 16.6 Å². The number of hydrogen-bond acceptors (Lipinski definition) is 3. The average Bonchev–Trinajstić information content (AvgIpc) is 2.14. The number of halogens is 1. The van der Waals surface area contributed by atoms with Gasteiger partial charge in [-0.3, -0.25) is 10.1 Å². The lowest BCUT2D eigenvalue weighted by molar-refractivity contribution is -0.386. The van der Waals surface area contributed by atoms with Crippen molar-refractivity contribution in [3.63, 3.8) is 0 Å². The first-order chi connectivity index (χ1) is 7.41. The number of nitro groups is 1. The van der Waals surface area contributed by atoms with Crippen LogP contribution in [-0.4, -0.2) is 11.5 Å². The highest BCUT2D eigenvalue weighted by Crippen LogP contribution is 2.34. The summed E-state index contributed by atoms with van der Waals surface area (Å²) in [5.74, 6) is 0.699. The lowest BCUT2D eigenvalue weighted by Crippen LogP contribution is -2.07. The van der Waals surface area contributed by atoms with Crippen LogP contribution < -0.4 is 4.74 Å². The number of ether oxygens (including phenoxy) is 1. The van der Waals surface area contributed by atoms with Crippen LogP contribution in [0.1, 0.15) is 19.4 Å². The Labute approximate surface area is 103 Å². The molecule has 0 fully saturated rings. The molecular formula is C11H14BrNO3. The van der Waals surface area contributed by atoms with Crippen LogP contribution >= 0.6 is 15.9 Å². The first-order valence-corrected chi connectivity index (χ1v) is 5.78. The van der Waals surface area contributed by atoms with Gasteiger partial charge in [-0.15, -0.1) is 0 Å². The van der Waals surface area contributed by atoms with Crippen molar-refractivity contribution in [3.8, 4) is 5.75 Å². The molecule has 0 unspecified atom stereocenters. The Morgan fingerprint density at radius 1 is 1.50 bits per heavy atom. The van der Waals surface area contributed by atoms with Crippen LogP contribution in [0.3, 0.4) is 0 Å². The van der Waals surface area contributed by atoms with Crippen molar-refractivity contribution in [3.05, 3.63) is 32.3 Å².